The minimum atomic E-state index is -0.836. The van der Waals surface area contributed by atoms with Crippen molar-refractivity contribution in [2.75, 3.05) is 31.6 Å². The largest absolute Gasteiger partial charge is 0.354 e. The van der Waals surface area contributed by atoms with Crippen LogP contribution in [-0.2, 0) is 48.0 Å². The molecule has 4 bridgehead atoms. The second kappa shape index (κ2) is 15.3. The molecule has 2 N–H and O–H groups in total. The van der Waals surface area contributed by atoms with Gasteiger partial charge in [0.25, 0.3) is 0 Å². The van der Waals surface area contributed by atoms with Crippen LogP contribution in [0, 0.1) is 47.3 Å². The van der Waals surface area contributed by atoms with Crippen molar-refractivity contribution in [2.45, 2.75) is 141 Å². The number of halogens is 2. The van der Waals surface area contributed by atoms with E-state index in [1.54, 1.807) is 12.1 Å². The molecule has 8 aliphatic heterocycles. The third-order valence-corrected chi connectivity index (χ3v) is 15.2. The summed E-state index contributed by atoms with van der Waals surface area (Å²) in [5.74, 6) is 0.963. The van der Waals surface area contributed by atoms with Crippen molar-refractivity contribution in [1.29, 1.82) is 0 Å². The number of rotatable bonds is 9. The molecule has 1 aromatic rings. The average molecular weight is 825 g/mol. The Morgan fingerprint density at radius 1 is 0.732 bits per heavy atom. The van der Waals surface area contributed by atoms with Crippen LogP contribution in [0.2, 0.25) is 10.0 Å². The Kier molecular flexibility index (Phi) is 10.9. The summed E-state index contributed by atoms with van der Waals surface area (Å²) in [4.78, 5) is 29.4. The highest BCUT2D eigenvalue weighted by Crippen LogP contribution is 2.62. The summed E-state index contributed by atoms with van der Waals surface area (Å²) < 4.78 is 39.1. The normalized spacial score (nSPS) is 48.0. The Bertz CT molecular complexity index is 1650. The number of ether oxygens (including phenoxy) is 6. The van der Waals surface area contributed by atoms with E-state index in [0.29, 0.717) is 71.7 Å². The van der Waals surface area contributed by atoms with E-state index in [1.165, 1.54) is 0 Å². The van der Waals surface area contributed by atoms with E-state index in [4.69, 9.17) is 76.2 Å². The third-order valence-electron chi connectivity index (χ3n) is 14.7. The maximum Gasteiger partial charge on any atom is 0.201 e. The molecule has 2 spiro atoms. The van der Waals surface area contributed by atoms with E-state index in [-0.39, 0.29) is 23.7 Å². The van der Waals surface area contributed by atoms with Crippen molar-refractivity contribution in [3.8, 4) is 0 Å². The van der Waals surface area contributed by atoms with Crippen LogP contribution in [0.1, 0.15) is 92.9 Å². The predicted molar refractivity (Wildman–Crippen MR) is 206 cm³/mol. The highest BCUT2D eigenvalue weighted by atomic mass is 35.5. The molecule has 56 heavy (non-hydrogen) atoms. The lowest BCUT2D eigenvalue weighted by Gasteiger charge is -2.60. The SMILES string of the molecule is C[C@H]1[C@@H](OCCN=C(NCCO[C@H]2O[C@@H]3O[C@@]4(C)CC[C@H]5[C@H](C)CC[C@@H]([C@H]2C)[C@@]35OO4)Nc2ccc(Cl)cc2Cl)O[C@@H]2O[C@@]3(C)CC[C@H]4[C@H](C)CC[C@@H]1[C@@]24OO3. The van der Waals surface area contributed by atoms with Crippen molar-refractivity contribution in [2.24, 2.45) is 52.3 Å². The zero-order chi connectivity index (χ0) is 39.0. The summed E-state index contributed by atoms with van der Waals surface area (Å²) in [6.45, 7) is 14.4. The molecule has 8 saturated heterocycles. The number of fused-ring (bicyclic) bond motifs is 4. The van der Waals surface area contributed by atoms with Gasteiger partial charge in [-0.2, -0.15) is 0 Å². The fraction of sp³-hybridized carbons (Fsp3) is 0.829. The minimum absolute atomic E-state index is 0.0725. The maximum atomic E-state index is 6.62. The Hall–Kier alpha value is -1.33. The van der Waals surface area contributed by atoms with Crippen LogP contribution in [0.5, 0.6) is 0 Å². The van der Waals surface area contributed by atoms with Crippen molar-refractivity contribution >= 4 is 34.8 Å². The van der Waals surface area contributed by atoms with Gasteiger partial charge in [0.1, 0.15) is 0 Å². The number of hydrogen-bond donors (Lipinski definition) is 2. The molecule has 1 aromatic carbocycles. The molecule has 13 nitrogen and oxygen atoms in total. The summed E-state index contributed by atoms with van der Waals surface area (Å²) in [6, 6.07) is 5.30. The molecular formula is C41H59Cl2N3O10. The molecule has 0 unspecified atom stereocenters. The molecule has 0 radical (unpaired) electrons. The van der Waals surface area contributed by atoms with Gasteiger partial charge in [-0.25, -0.2) is 19.6 Å². The highest BCUT2D eigenvalue weighted by molar-refractivity contribution is 6.36. The van der Waals surface area contributed by atoms with Crippen molar-refractivity contribution in [3.63, 3.8) is 0 Å². The molecule has 16 atom stereocenters. The molecule has 2 saturated carbocycles. The first-order valence-corrected chi connectivity index (χ1v) is 21.7. The zero-order valence-electron chi connectivity index (χ0n) is 33.4. The molecule has 0 aromatic heterocycles. The maximum absolute atomic E-state index is 6.62. The standard InChI is InChI=1S/C41H59Cl2N3O10/c1-22-7-10-29-24(3)33(49-35-40(29)27(22)13-15-38(5,51-35)53-55-40)47-19-17-44-37(46-32-12-9-26(42)21-31(32)43)45-18-20-48-34-25(4)30-11-8-23(2)28-14-16-39(6)52-36(50-34)41(28,30)56-54-39/h9,12,21-25,27-30,33-36H,7-8,10-11,13-20H2,1-6H3,(H2,44,45,46)/t22-,23-,24-,25-,27+,28+,29+,30+,33+,34+,35-,36-,38-,39-,40-,41-/m1/s1. The van der Waals surface area contributed by atoms with Crippen LogP contribution in [0.3, 0.4) is 0 Å². The van der Waals surface area contributed by atoms with Gasteiger partial charge in [0.15, 0.2) is 42.3 Å². The number of nitrogens with zero attached hydrogens (tertiary/aromatic N) is 1. The lowest BCUT2D eigenvalue weighted by atomic mass is 9.58. The summed E-state index contributed by atoms with van der Waals surface area (Å²) >= 11 is 12.8. The number of anilines is 1. The molecule has 10 fully saturated rings. The summed E-state index contributed by atoms with van der Waals surface area (Å²) in [5.41, 5.74) is -0.590. The smallest absolute Gasteiger partial charge is 0.201 e. The van der Waals surface area contributed by atoms with Crippen LogP contribution in [0.15, 0.2) is 23.2 Å². The van der Waals surface area contributed by atoms with Gasteiger partial charge in [0, 0.05) is 48.1 Å². The third kappa shape index (κ3) is 6.81. The molecule has 0 amide bonds. The van der Waals surface area contributed by atoms with Gasteiger partial charge in [-0.1, -0.05) is 50.9 Å². The second-order valence-electron chi connectivity index (χ2n) is 18.2. The fourth-order valence-electron chi connectivity index (χ4n) is 11.7. The Balaban J connectivity index is 0.840. The number of hydrogen-bond acceptors (Lipinski definition) is 11. The minimum Gasteiger partial charge on any atom is -0.354 e. The molecular weight excluding hydrogens is 765 g/mol. The molecule has 15 heteroatoms. The summed E-state index contributed by atoms with van der Waals surface area (Å²) in [5, 5.41) is 7.78. The van der Waals surface area contributed by atoms with E-state index in [0.717, 1.165) is 51.4 Å². The Morgan fingerprint density at radius 3 is 1.84 bits per heavy atom. The van der Waals surface area contributed by atoms with E-state index >= 15 is 0 Å². The Labute approximate surface area is 340 Å². The second-order valence-corrected chi connectivity index (χ2v) is 19.0. The summed E-state index contributed by atoms with van der Waals surface area (Å²) in [6.07, 6.45) is 5.73. The number of benzene rings is 1. The quantitative estimate of drug-likeness (QED) is 0.109. The van der Waals surface area contributed by atoms with Gasteiger partial charge in [0.05, 0.1) is 30.5 Å². The Morgan fingerprint density at radius 2 is 1.29 bits per heavy atom. The van der Waals surface area contributed by atoms with E-state index in [9.17, 15) is 0 Å². The van der Waals surface area contributed by atoms with Gasteiger partial charge in [0.2, 0.25) is 11.6 Å². The number of guanidine groups is 1. The van der Waals surface area contributed by atoms with E-state index in [1.807, 2.05) is 19.9 Å². The van der Waals surface area contributed by atoms with Crippen LogP contribution in [-0.4, -0.2) is 80.2 Å². The molecule has 10 aliphatic rings. The summed E-state index contributed by atoms with van der Waals surface area (Å²) in [7, 11) is 0. The lowest BCUT2D eigenvalue weighted by molar-refractivity contribution is -0.577. The van der Waals surface area contributed by atoms with Gasteiger partial charge in [-0.05, 0) is 94.2 Å². The predicted octanol–water partition coefficient (Wildman–Crippen LogP) is 7.80. The van der Waals surface area contributed by atoms with E-state index in [2.05, 4.69) is 38.3 Å². The molecule has 11 rings (SSSR count). The van der Waals surface area contributed by atoms with Crippen molar-refractivity contribution in [1.82, 2.24) is 5.32 Å². The van der Waals surface area contributed by atoms with Crippen LogP contribution >= 0.6 is 23.2 Å². The van der Waals surface area contributed by atoms with Crippen LogP contribution in [0.4, 0.5) is 5.69 Å². The lowest BCUT2D eigenvalue weighted by Crippen LogP contribution is -2.70. The van der Waals surface area contributed by atoms with E-state index < -0.39 is 47.9 Å². The van der Waals surface area contributed by atoms with Gasteiger partial charge < -0.3 is 39.1 Å². The first kappa shape index (κ1) is 40.1. The number of nitrogens with one attached hydrogen (secondary N) is 2. The van der Waals surface area contributed by atoms with Gasteiger partial charge in [-0.3, -0.25) is 4.99 Å². The first-order valence-electron chi connectivity index (χ1n) is 21.0. The average Bonchev–Trinajstić information content (AvgIpc) is 3.54. The zero-order valence-corrected chi connectivity index (χ0v) is 34.9. The van der Waals surface area contributed by atoms with Crippen LogP contribution < -0.4 is 10.6 Å². The van der Waals surface area contributed by atoms with Crippen molar-refractivity contribution in [3.05, 3.63) is 28.2 Å². The monoisotopic (exact) mass is 823 g/mol. The van der Waals surface area contributed by atoms with Crippen LogP contribution in [0.25, 0.3) is 0 Å². The first-order chi connectivity index (χ1) is 26.8. The van der Waals surface area contributed by atoms with Gasteiger partial charge in [-0.15, -0.1) is 0 Å². The van der Waals surface area contributed by atoms with Gasteiger partial charge >= 0.3 is 0 Å². The molecule has 312 valence electrons. The van der Waals surface area contributed by atoms with Crippen molar-refractivity contribution < 1.29 is 48.0 Å². The molecule has 2 aliphatic carbocycles. The topological polar surface area (TPSA) is 129 Å². The highest BCUT2D eigenvalue weighted by Gasteiger charge is 2.71. The fourth-order valence-corrected chi connectivity index (χ4v) is 12.1. The number of aliphatic imine (C=N–C) groups is 1. The molecule has 8 heterocycles.